The Labute approximate surface area is 131 Å². The van der Waals surface area contributed by atoms with Crippen LogP contribution >= 0.6 is 45.8 Å². The van der Waals surface area contributed by atoms with Gasteiger partial charge in [0.15, 0.2) is 0 Å². The Morgan fingerprint density at radius 2 is 1.83 bits per heavy atom. The van der Waals surface area contributed by atoms with Crippen LogP contribution in [0.25, 0.3) is 0 Å². The lowest BCUT2D eigenvalue weighted by atomic mass is 10.1. The summed E-state index contributed by atoms with van der Waals surface area (Å²) in [7, 11) is 4.27. The van der Waals surface area contributed by atoms with E-state index in [0.29, 0.717) is 19.9 Å². The Kier molecular flexibility index (Phi) is 5.05. The molecule has 1 unspecified atom stereocenters. The first-order chi connectivity index (χ1) is 8.47. The van der Waals surface area contributed by atoms with E-state index in [2.05, 4.69) is 56.5 Å². The summed E-state index contributed by atoms with van der Waals surface area (Å²) < 4.78 is 0.716. The minimum absolute atomic E-state index is 0.413. The van der Waals surface area contributed by atoms with Crippen molar-refractivity contribution in [3.8, 4) is 0 Å². The van der Waals surface area contributed by atoms with E-state index in [1.54, 1.807) is 0 Å². The fraction of sp³-hybridized carbons (Fsp3) is 0.636. The zero-order valence-corrected chi connectivity index (χ0v) is 14.0. The molecule has 18 heavy (non-hydrogen) atoms. The maximum absolute atomic E-state index is 6.03. The van der Waals surface area contributed by atoms with Gasteiger partial charge < -0.3 is 9.80 Å². The molecule has 1 fully saturated rings. The molecule has 0 spiro atoms. The molecule has 1 aromatic rings. The normalized spacial score (nSPS) is 22.4. The highest BCUT2D eigenvalue weighted by molar-refractivity contribution is 14.1. The Morgan fingerprint density at radius 1 is 1.22 bits per heavy atom. The Hall–Kier alpha value is 0.310. The van der Waals surface area contributed by atoms with E-state index < -0.39 is 0 Å². The molecule has 2 heterocycles. The predicted octanol–water partition coefficient (Wildman–Crippen LogP) is 2.18. The summed E-state index contributed by atoms with van der Waals surface area (Å²) in [5.41, 5.74) is 0. The molecule has 0 bridgehead atoms. The van der Waals surface area contributed by atoms with Crippen molar-refractivity contribution in [3.63, 3.8) is 0 Å². The van der Waals surface area contributed by atoms with Gasteiger partial charge in [-0.3, -0.25) is 0 Å². The second kappa shape index (κ2) is 6.17. The lowest BCUT2D eigenvalue weighted by Crippen LogP contribution is -2.51. The number of piperazine rings is 1. The van der Waals surface area contributed by atoms with Gasteiger partial charge in [-0.15, -0.1) is 0 Å². The molecule has 0 aliphatic carbocycles. The number of nitrogens with zero attached hydrogens (tertiary/aromatic N) is 4. The average molecular weight is 401 g/mol. The first-order valence-corrected chi connectivity index (χ1v) is 7.57. The van der Waals surface area contributed by atoms with Crippen molar-refractivity contribution < 1.29 is 0 Å². The lowest BCUT2D eigenvalue weighted by Gasteiger charge is -2.37. The third kappa shape index (κ3) is 3.45. The molecule has 2 rings (SSSR count). The van der Waals surface area contributed by atoms with E-state index in [9.17, 15) is 0 Å². The van der Waals surface area contributed by atoms with Crippen LogP contribution in [0.4, 0.5) is 0 Å². The predicted molar refractivity (Wildman–Crippen MR) is 82.4 cm³/mol. The summed E-state index contributed by atoms with van der Waals surface area (Å²) in [6.07, 6.45) is 0.775. The van der Waals surface area contributed by atoms with E-state index in [-0.39, 0.29) is 0 Å². The smallest absolute Gasteiger partial charge is 0.147 e. The van der Waals surface area contributed by atoms with Crippen LogP contribution in [-0.4, -0.2) is 59.5 Å². The van der Waals surface area contributed by atoms with Crippen LogP contribution in [0.5, 0.6) is 0 Å². The molecule has 0 radical (unpaired) electrons. The van der Waals surface area contributed by atoms with Crippen molar-refractivity contribution in [2.24, 2.45) is 0 Å². The Balaban J connectivity index is 2.13. The summed E-state index contributed by atoms with van der Waals surface area (Å²) in [6, 6.07) is 0.413. The summed E-state index contributed by atoms with van der Waals surface area (Å²) in [4.78, 5) is 13.3. The summed E-state index contributed by atoms with van der Waals surface area (Å²) in [6.45, 7) is 3.18. The van der Waals surface area contributed by atoms with Crippen molar-refractivity contribution in [3.05, 3.63) is 19.7 Å². The number of rotatable bonds is 2. The van der Waals surface area contributed by atoms with E-state index in [1.807, 2.05) is 0 Å². The summed E-state index contributed by atoms with van der Waals surface area (Å²) in [5.74, 6) is 0.720. The molecule has 4 nitrogen and oxygen atoms in total. The van der Waals surface area contributed by atoms with Crippen LogP contribution in [-0.2, 0) is 6.42 Å². The van der Waals surface area contributed by atoms with Gasteiger partial charge in [-0.1, -0.05) is 23.2 Å². The minimum Gasteiger partial charge on any atom is -0.304 e. The summed E-state index contributed by atoms with van der Waals surface area (Å²) in [5, 5.41) is 0.884. The van der Waals surface area contributed by atoms with Gasteiger partial charge in [-0.2, -0.15) is 0 Å². The third-order valence-corrected chi connectivity index (χ3v) is 5.42. The highest BCUT2D eigenvalue weighted by atomic mass is 127. The fourth-order valence-electron chi connectivity index (χ4n) is 2.06. The maximum Gasteiger partial charge on any atom is 0.147 e. The zero-order valence-electron chi connectivity index (χ0n) is 10.3. The van der Waals surface area contributed by atoms with Gasteiger partial charge in [0.05, 0.1) is 3.57 Å². The third-order valence-electron chi connectivity index (χ3n) is 3.22. The zero-order chi connectivity index (χ0) is 13.3. The van der Waals surface area contributed by atoms with Crippen molar-refractivity contribution >= 4 is 45.8 Å². The molecule has 0 aromatic carbocycles. The Bertz CT molecular complexity index is 420. The van der Waals surface area contributed by atoms with Crippen molar-refractivity contribution in [2.45, 2.75) is 12.5 Å². The first-order valence-electron chi connectivity index (χ1n) is 5.73. The second-order valence-corrected chi connectivity index (χ2v) is 6.43. The lowest BCUT2D eigenvalue weighted by molar-refractivity contribution is 0.113. The molecular formula is C11H15Cl2IN4. The van der Waals surface area contributed by atoms with E-state index >= 15 is 0 Å². The van der Waals surface area contributed by atoms with E-state index in [1.165, 1.54) is 0 Å². The molecule has 1 saturated heterocycles. The van der Waals surface area contributed by atoms with Gasteiger partial charge in [-0.05, 0) is 36.7 Å². The minimum atomic E-state index is 0.413. The molecule has 1 aliphatic rings. The SMILES string of the molecule is CN1CCN(C)C(Cc2nc(Cl)c(I)c(Cl)n2)C1. The monoisotopic (exact) mass is 400 g/mol. The molecular weight excluding hydrogens is 386 g/mol. The molecule has 0 N–H and O–H groups in total. The second-order valence-electron chi connectivity index (χ2n) is 4.64. The highest BCUT2D eigenvalue weighted by Crippen LogP contribution is 2.23. The number of halogens is 3. The quantitative estimate of drug-likeness (QED) is 0.562. The molecule has 1 aliphatic heterocycles. The standard InChI is InChI=1S/C11H15Cl2IN4/c1-17-3-4-18(2)7(6-17)5-8-15-10(12)9(14)11(13)16-8/h7H,3-6H2,1-2H3. The number of aromatic nitrogens is 2. The van der Waals surface area contributed by atoms with Crippen LogP contribution in [0.2, 0.25) is 10.3 Å². The van der Waals surface area contributed by atoms with Gasteiger partial charge in [0.25, 0.3) is 0 Å². The van der Waals surface area contributed by atoms with Crippen LogP contribution in [0.15, 0.2) is 0 Å². The van der Waals surface area contributed by atoms with Gasteiger partial charge in [0, 0.05) is 32.1 Å². The fourth-order valence-corrected chi connectivity index (χ4v) is 2.72. The number of likely N-dealkylation sites (N-methyl/N-ethyl adjacent to an activating group) is 2. The molecule has 1 aromatic heterocycles. The van der Waals surface area contributed by atoms with Gasteiger partial charge >= 0.3 is 0 Å². The average Bonchev–Trinajstić information content (AvgIpc) is 2.31. The summed E-state index contributed by atoms with van der Waals surface area (Å²) >= 11 is 14.1. The topological polar surface area (TPSA) is 32.3 Å². The van der Waals surface area contributed by atoms with Gasteiger partial charge in [0.1, 0.15) is 16.1 Å². The molecule has 0 amide bonds. The van der Waals surface area contributed by atoms with Crippen molar-refractivity contribution in [2.75, 3.05) is 33.7 Å². The van der Waals surface area contributed by atoms with Gasteiger partial charge in [0.2, 0.25) is 0 Å². The molecule has 100 valence electrons. The molecule has 0 saturated carbocycles. The van der Waals surface area contributed by atoms with Crippen molar-refractivity contribution in [1.29, 1.82) is 0 Å². The number of hydrogen-bond donors (Lipinski definition) is 0. The molecule has 1 atom stereocenters. The van der Waals surface area contributed by atoms with Crippen LogP contribution in [0.3, 0.4) is 0 Å². The van der Waals surface area contributed by atoms with Gasteiger partial charge in [-0.25, -0.2) is 9.97 Å². The van der Waals surface area contributed by atoms with Crippen LogP contribution < -0.4 is 0 Å². The van der Waals surface area contributed by atoms with Crippen LogP contribution in [0.1, 0.15) is 5.82 Å². The van der Waals surface area contributed by atoms with E-state index in [4.69, 9.17) is 23.2 Å². The van der Waals surface area contributed by atoms with Crippen molar-refractivity contribution in [1.82, 2.24) is 19.8 Å². The number of hydrogen-bond acceptors (Lipinski definition) is 4. The molecule has 7 heteroatoms. The van der Waals surface area contributed by atoms with E-state index in [0.717, 1.165) is 31.9 Å². The highest BCUT2D eigenvalue weighted by Gasteiger charge is 2.23. The maximum atomic E-state index is 6.03. The Morgan fingerprint density at radius 3 is 2.44 bits per heavy atom. The largest absolute Gasteiger partial charge is 0.304 e. The first kappa shape index (κ1) is 14.7. The van der Waals surface area contributed by atoms with Crippen LogP contribution in [0, 0.1) is 3.57 Å².